The molecule has 1 aromatic rings. The molecule has 0 aliphatic heterocycles. The van der Waals surface area contributed by atoms with Crippen molar-refractivity contribution in [3.63, 3.8) is 0 Å². The lowest BCUT2D eigenvalue weighted by molar-refractivity contribution is 0.0600. The first-order chi connectivity index (χ1) is 9.39. The number of esters is 1. The van der Waals surface area contributed by atoms with Gasteiger partial charge >= 0.3 is 5.97 Å². The van der Waals surface area contributed by atoms with E-state index in [4.69, 9.17) is 15.7 Å². The molecular formula is C15H20N2O3. The summed E-state index contributed by atoms with van der Waals surface area (Å²) in [4.78, 5) is 11.3. The molecule has 108 valence electrons. The van der Waals surface area contributed by atoms with Crippen molar-refractivity contribution in [3.05, 3.63) is 23.8 Å². The lowest BCUT2D eigenvalue weighted by Crippen LogP contribution is -2.10. The fraction of sp³-hybridized carbons (Fsp3) is 0.467. The zero-order chi connectivity index (χ0) is 15.2. The lowest BCUT2D eigenvalue weighted by Gasteiger charge is -2.15. The van der Waals surface area contributed by atoms with E-state index in [0.717, 1.165) is 12.8 Å². The van der Waals surface area contributed by atoms with Crippen LogP contribution in [0.4, 0.5) is 5.69 Å². The summed E-state index contributed by atoms with van der Waals surface area (Å²) in [6, 6.07) is 7.03. The van der Waals surface area contributed by atoms with Crippen molar-refractivity contribution in [2.75, 3.05) is 19.5 Å². The Kier molecular flexibility index (Phi) is 5.39. The van der Waals surface area contributed by atoms with Gasteiger partial charge in [0.25, 0.3) is 0 Å². The molecule has 0 bridgehead atoms. The zero-order valence-electron chi connectivity index (χ0n) is 12.1. The second-order valence-corrected chi connectivity index (χ2v) is 5.19. The molecule has 0 amide bonds. The second kappa shape index (κ2) is 6.80. The van der Waals surface area contributed by atoms with Gasteiger partial charge < -0.3 is 15.2 Å². The number of carbonyl (C=O) groups excluding carboxylic acids is 1. The molecule has 0 fully saturated rings. The van der Waals surface area contributed by atoms with E-state index in [0.29, 0.717) is 23.6 Å². The van der Waals surface area contributed by atoms with Crippen LogP contribution >= 0.6 is 0 Å². The molecule has 0 aliphatic carbocycles. The molecule has 0 radical (unpaired) electrons. The van der Waals surface area contributed by atoms with Crippen LogP contribution in [0.25, 0.3) is 0 Å². The van der Waals surface area contributed by atoms with Gasteiger partial charge in [0.2, 0.25) is 0 Å². The average Bonchev–Trinajstić information content (AvgIpc) is 2.44. The molecule has 0 saturated heterocycles. The molecule has 0 spiro atoms. The number of methoxy groups -OCH3 is 1. The van der Waals surface area contributed by atoms with Crippen molar-refractivity contribution >= 4 is 11.7 Å². The minimum atomic E-state index is -0.431. The van der Waals surface area contributed by atoms with E-state index in [1.54, 1.807) is 12.1 Å². The van der Waals surface area contributed by atoms with Gasteiger partial charge in [-0.1, -0.05) is 0 Å². The van der Waals surface area contributed by atoms with Crippen LogP contribution in [0.3, 0.4) is 0 Å². The highest BCUT2D eigenvalue weighted by Crippen LogP contribution is 2.25. The van der Waals surface area contributed by atoms with Crippen LogP contribution in [-0.2, 0) is 4.74 Å². The van der Waals surface area contributed by atoms with Gasteiger partial charge in [0.05, 0.1) is 36.5 Å². The van der Waals surface area contributed by atoms with E-state index in [2.05, 4.69) is 10.8 Å². The van der Waals surface area contributed by atoms with E-state index < -0.39 is 5.97 Å². The highest BCUT2D eigenvalue weighted by atomic mass is 16.5. The topological polar surface area (TPSA) is 85.3 Å². The fourth-order valence-corrected chi connectivity index (χ4v) is 1.68. The van der Waals surface area contributed by atoms with Gasteiger partial charge in [-0.3, -0.25) is 0 Å². The molecule has 0 aromatic heterocycles. The number of anilines is 1. The van der Waals surface area contributed by atoms with Gasteiger partial charge in [-0.05, 0) is 44.9 Å². The van der Waals surface area contributed by atoms with Crippen molar-refractivity contribution in [1.29, 1.82) is 5.26 Å². The molecule has 0 heterocycles. The Bertz CT molecular complexity index is 518. The summed E-state index contributed by atoms with van der Waals surface area (Å²) in [6.07, 6.45) is 1.52. The zero-order valence-corrected chi connectivity index (χ0v) is 12.1. The summed E-state index contributed by atoms with van der Waals surface area (Å²) >= 11 is 0. The van der Waals surface area contributed by atoms with E-state index in [-0.39, 0.29) is 5.41 Å². The summed E-state index contributed by atoms with van der Waals surface area (Å²) in [7, 11) is 1.32. The van der Waals surface area contributed by atoms with Gasteiger partial charge in [0.15, 0.2) is 0 Å². The normalized spacial score (nSPS) is 10.7. The minimum absolute atomic E-state index is 0.344. The first-order valence-electron chi connectivity index (χ1n) is 6.41. The maximum atomic E-state index is 11.3. The van der Waals surface area contributed by atoms with Gasteiger partial charge in [-0.25, -0.2) is 4.79 Å². The fourth-order valence-electron chi connectivity index (χ4n) is 1.68. The third kappa shape index (κ3) is 4.47. The van der Waals surface area contributed by atoms with Gasteiger partial charge in [-0.2, -0.15) is 5.26 Å². The van der Waals surface area contributed by atoms with Gasteiger partial charge in [0, 0.05) is 0 Å². The number of nitrogens with zero attached hydrogens (tertiary/aromatic N) is 1. The number of carbonyl (C=O) groups is 1. The predicted octanol–water partition coefficient (Wildman–Crippen LogP) is 2.76. The second-order valence-electron chi connectivity index (χ2n) is 5.19. The van der Waals surface area contributed by atoms with E-state index in [9.17, 15) is 4.79 Å². The Balaban J connectivity index is 2.54. The third-order valence-corrected chi connectivity index (χ3v) is 2.94. The molecule has 0 aliphatic rings. The van der Waals surface area contributed by atoms with Gasteiger partial charge in [-0.15, -0.1) is 0 Å². The number of hydrogen-bond donors (Lipinski definition) is 1. The van der Waals surface area contributed by atoms with E-state index in [1.165, 1.54) is 13.2 Å². The van der Waals surface area contributed by atoms with Crippen molar-refractivity contribution in [2.24, 2.45) is 5.41 Å². The summed E-state index contributed by atoms with van der Waals surface area (Å²) in [5.41, 5.74) is 6.27. The Morgan fingerprint density at radius 3 is 2.70 bits per heavy atom. The number of hydrogen-bond acceptors (Lipinski definition) is 5. The SMILES string of the molecule is COC(=O)c1ccc(OCCCC(C)(C)C#N)c(N)c1. The maximum Gasteiger partial charge on any atom is 0.337 e. The Morgan fingerprint density at radius 1 is 1.45 bits per heavy atom. The smallest absolute Gasteiger partial charge is 0.337 e. The first-order valence-corrected chi connectivity index (χ1v) is 6.41. The van der Waals surface area contributed by atoms with Gasteiger partial charge in [0.1, 0.15) is 5.75 Å². The number of benzene rings is 1. The third-order valence-electron chi connectivity index (χ3n) is 2.94. The maximum absolute atomic E-state index is 11.3. The van der Waals surface area contributed by atoms with Crippen LogP contribution in [0, 0.1) is 16.7 Å². The van der Waals surface area contributed by atoms with Crippen LogP contribution in [0.15, 0.2) is 18.2 Å². The average molecular weight is 276 g/mol. The molecule has 2 N–H and O–H groups in total. The molecular weight excluding hydrogens is 256 g/mol. The molecule has 0 atom stereocenters. The predicted molar refractivity (Wildman–Crippen MR) is 76.3 cm³/mol. The number of nitrogens with two attached hydrogens (primary N) is 1. The Labute approximate surface area is 119 Å². The summed E-state index contributed by atoms with van der Waals surface area (Å²) in [5.74, 6) is 0.103. The Hall–Kier alpha value is -2.22. The molecule has 20 heavy (non-hydrogen) atoms. The summed E-state index contributed by atoms with van der Waals surface area (Å²) in [6.45, 7) is 4.27. The van der Waals surface area contributed by atoms with Crippen molar-refractivity contribution in [3.8, 4) is 11.8 Å². The van der Waals surface area contributed by atoms with E-state index in [1.807, 2.05) is 13.8 Å². The number of nitriles is 1. The lowest BCUT2D eigenvalue weighted by atomic mass is 9.90. The van der Waals surface area contributed by atoms with E-state index >= 15 is 0 Å². The molecule has 0 saturated carbocycles. The molecule has 1 rings (SSSR count). The summed E-state index contributed by atoms with van der Waals surface area (Å²) < 4.78 is 10.2. The largest absolute Gasteiger partial charge is 0.491 e. The highest BCUT2D eigenvalue weighted by Gasteiger charge is 2.16. The first kappa shape index (κ1) is 15.8. The monoisotopic (exact) mass is 276 g/mol. The van der Waals surface area contributed by atoms with Crippen LogP contribution in [-0.4, -0.2) is 19.7 Å². The molecule has 0 unspecified atom stereocenters. The van der Waals surface area contributed by atoms with Crippen LogP contribution in [0.2, 0.25) is 0 Å². The number of rotatable bonds is 6. The van der Waals surface area contributed by atoms with Crippen LogP contribution in [0.1, 0.15) is 37.0 Å². The quantitative estimate of drug-likeness (QED) is 0.490. The minimum Gasteiger partial charge on any atom is -0.491 e. The standard InChI is InChI=1S/C15H20N2O3/c1-15(2,10-16)7-4-8-20-13-6-5-11(9-12(13)17)14(18)19-3/h5-6,9H,4,7-8,17H2,1-3H3. The molecule has 1 aromatic carbocycles. The molecule has 5 nitrogen and oxygen atoms in total. The highest BCUT2D eigenvalue weighted by molar-refractivity contribution is 5.90. The Morgan fingerprint density at radius 2 is 2.15 bits per heavy atom. The van der Waals surface area contributed by atoms with Crippen LogP contribution < -0.4 is 10.5 Å². The van der Waals surface area contributed by atoms with Crippen molar-refractivity contribution < 1.29 is 14.3 Å². The van der Waals surface area contributed by atoms with Crippen molar-refractivity contribution in [2.45, 2.75) is 26.7 Å². The van der Waals surface area contributed by atoms with Crippen LogP contribution in [0.5, 0.6) is 5.75 Å². The van der Waals surface area contributed by atoms with Crippen molar-refractivity contribution in [1.82, 2.24) is 0 Å². The number of ether oxygens (including phenoxy) is 2. The molecule has 5 heteroatoms. The number of nitrogen functional groups attached to an aromatic ring is 1. The summed E-state index contributed by atoms with van der Waals surface area (Å²) in [5, 5.41) is 8.91.